The second kappa shape index (κ2) is 7.99. The largest absolute Gasteiger partial charge is 0.417 e. The van der Waals surface area contributed by atoms with E-state index in [0.717, 1.165) is 25.7 Å². The molecule has 1 saturated heterocycles. The summed E-state index contributed by atoms with van der Waals surface area (Å²) in [6, 6.07) is 5.14. The van der Waals surface area contributed by atoms with E-state index in [4.69, 9.17) is 0 Å². The minimum absolute atomic E-state index is 0.0401. The van der Waals surface area contributed by atoms with Gasteiger partial charge in [0.05, 0.1) is 16.6 Å². The molecule has 1 amide bonds. The molecule has 10 heteroatoms. The zero-order valence-electron chi connectivity index (χ0n) is 16.7. The Morgan fingerprint density at radius 2 is 1.93 bits per heavy atom. The van der Waals surface area contributed by atoms with Crippen molar-refractivity contribution in [3.05, 3.63) is 45.4 Å². The number of aromatic nitrogens is 3. The first-order valence-electron chi connectivity index (χ1n) is 9.67. The molecule has 0 bridgehead atoms. The molecule has 1 aliphatic rings. The zero-order valence-corrected chi connectivity index (χ0v) is 17.6. The van der Waals surface area contributed by atoms with Crippen LogP contribution < -0.4 is 0 Å². The summed E-state index contributed by atoms with van der Waals surface area (Å²) in [6.07, 6.45) is -4.51. The summed E-state index contributed by atoms with van der Waals surface area (Å²) in [5.41, 5.74) is -0.197. The SMILES string of the molecule is Cc1cc(C(F)(F)F)c2c(C)nn(CC(=O)N3CCN(Cc4cccs4)CC3)c2n1. The second-order valence-corrected chi connectivity index (χ2v) is 8.52. The van der Waals surface area contributed by atoms with Crippen LogP contribution in [0.15, 0.2) is 23.6 Å². The number of amides is 1. The Labute approximate surface area is 175 Å². The van der Waals surface area contributed by atoms with E-state index >= 15 is 0 Å². The summed E-state index contributed by atoms with van der Waals surface area (Å²) >= 11 is 1.71. The molecule has 6 nitrogen and oxygen atoms in total. The van der Waals surface area contributed by atoms with Gasteiger partial charge in [-0.05, 0) is 31.4 Å². The highest BCUT2D eigenvalue weighted by molar-refractivity contribution is 7.09. The minimum Gasteiger partial charge on any atom is -0.339 e. The number of rotatable bonds is 4. The number of halogens is 3. The van der Waals surface area contributed by atoms with Crippen molar-refractivity contribution in [3.8, 4) is 0 Å². The number of piperazine rings is 1. The van der Waals surface area contributed by atoms with Crippen molar-refractivity contribution >= 4 is 28.3 Å². The molecule has 0 aromatic carbocycles. The van der Waals surface area contributed by atoms with E-state index in [9.17, 15) is 18.0 Å². The van der Waals surface area contributed by atoms with Gasteiger partial charge in [-0.3, -0.25) is 9.69 Å². The average molecular weight is 437 g/mol. The molecular formula is C20H22F3N5OS. The summed E-state index contributed by atoms with van der Waals surface area (Å²) in [4.78, 5) is 22.4. The van der Waals surface area contributed by atoms with Crippen LogP contribution in [0.2, 0.25) is 0 Å². The van der Waals surface area contributed by atoms with Gasteiger partial charge in [-0.15, -0.1) is 11.3 Å². The number of thiophene rings is 1. The van der Waals surface area contributed by atoms with Crippen molar-refractivity contribution in [2.75, 3.05) is 26.2 Å². The van der Waals surface area contributed by atoms with E-state index in [0.29, 0.717) is 13.1 Å². The predicted molar refractivity (Wildman–Crippen MR) is 108 cm³/mol. The van der Waals surface area contributed by atoms with Gasteiger partial charge in [-0.25, -0.2) is 9.67 Å². The van der Waals surface area contributed by atoms with Gasteiger partial charge in [0.1, 0.15) is 6.54 Å². The Morgan fingerprint density at radius 1 is 1.20 bits per heavy atom. The quantitative estimate of drug-likeness (QED) is 0.627. The molecule has 0 unspecified atom stereocenters. The highest BCUT2D eigenvalue weighted by Gasteiger charge is 2.35. The molecule has 3 aromatic heterocycles. The third-order valence-corrected chi connectivity index (χ3v) is 6.14. The lowest BCUT2D eigenvalue weighted by Gasteiger charge is -2.34. The van der Waals surface area contributed by atoms with Crippen molar-refractivity contribution < 1.29 is 18.0 Å². The summed E-state index contributed by atoms with van der Waals surface area (Å²) in [5.74, 6) is -0.160. The fourth-order valence-electron chi connectivity index (χ4n) is 3.82. The number of fused-ring (bicyclic) bond motifs is 1. The first-order valence-corrected chi connectivity index (χ1v) is 10.5. The number of nitrogens with zero attached hydrogens (tertiary/aromatic N) is 5. The van der Waals surface area contributed by atoms with Crippen LogP contribution in [0.4, 0.5) is 13.2 Å². The maximum atomic E-state index is 13.5. The maximum Gasteiger partial charge on any atom is 0.417 e. The minimum atomic E-state index is -4.51. The topological polar surface area (TPSA) is 54.3 Å². The second-order valence-electron chi connectivity index (χ2n) is 7.49. The number of alkyl halides is 3. The van der Waals surface area contributed by atoms with E-state index in [-0.39, 0.29) is 34.9 Å². The monoisotopic (exact) mass is 437 g/mol. The molecule has 30 heavy (non-hydrogen) atoms. The summed E-state index contributed by atoms with van der Waals surface area (Å²) in [6.45, 7) is 6.46. The maximum absolute atomic E-state index is 13.5. The highest BCUT2D eigenvalue weighted by Crippen LogP contribution is 2.36. The summed E-state index contributed by atoms with van der Waals surface area (Å²) < 4.78 is 41.7. The molecule has 3 aromatic rings. The van der Waals surface area contributed by atoms with E-state index in [1.807, 2.05) is 11.4 Å². The summed E-state index contributed by atoms with van der Waals surface area (Å²) in [7, 11) is 0. The fourth-order valence-corrected chi connectivity index (χ4v) is 4.57. The van der Waals surface area contributed by atoms with Crippen molar-refractivity contribution in [3.63, 3.8) is 0 Å². The first-order chi connectivity index (χ1) is 14.2. The predicted octanol–water partition coefficient (Wildman–Crippen LogP) is 3.47. The smallest absolute Gasteiger partial charge is 0.339 e. The first kappa shape index (κ1) is 20.8. The van der Waals surface area contributed by atoms with Crippen molar-refractivity contribution in [1.29, 1.82) is 0 Å². The van der Waals surface area contributed by atoms with Crippen molar-refractivity contribution in [2.24, 2.45) is 0 Å². The van der Waals surface area contributed by atoms with Crippen LogP contribution in [0.5, 0.6) is 0 Å². The molecular weight excluding hydrogens is 415 g/mol. The van der Waals surface area contributed by atoms with Crippen LogP contribution in [0, 0.1) is 13.8 Å². The average Bonchev–Trinajstić information content (AvgIpc) is 3.29. The van der Waals surface area contributed by atoms with Crippen molar-refractivity contribution in [1.82, 2.24) is 24.6 Å². The van der Waals surface area contributed by atoms with E-state index in [2.05, 4.69) is 21.0 Å². The third kappa shape index (κ3) is 4.20. The molecule has 0 N–H and O–H groups in total. The van der Waals surface area contributed by atoms with Gasteiger partial charge >= 0.3 is 6.18 Å². The van der Waals surface area contributed by atoms with Gasteiger partial charge < -0.3 is 4.90 Å². The van der Waals surface area contributed by atoms with E-state index in [1.54, 1.807) is 16.2 Å². The molecule has 0 saturated carbocycles. The van der Waals surface area contributed by atoms with Gasteiger partial charge in [0, 0.05) is 43.3 Å². The molecule has 1 fully saturated rings. The van der Waals surface area contributed by atoms with Crippen LogP contribution in [-0.4, -0.2) is 56.7 Å². The number of carbonyl (C=O) groups excluding carboxylic acids is 1. The van der Waals surface area contributed by atoms with Gasteiger partial charge in [0.15, 0.2) is 5.65 Å². The number of carbonyl (C=O) groups is 1. The molecule has 0 aliphatic carbocycles. The van der Waals surface area contributed by atoms with Gasteiger partial charge in [-0.1, -0.05) is 6.07 Å². The van der Waals surface area contributed by atoms with Gasteiger partial charge in [-0.2, -0.15) is 18.3 Å². The zero-order chi connectivity index (χ0) is 21.5. The third-order valence-electron chi connectivity index (χ3n) is 5.28. The number of aryl methyl sites for hydroxylation is 2. The summed E-state index contributed by atoms with van der Waals surface area (Å²) in [5, 5.41) is 6.21. The number of hydrogen-bond donors (Lipinski definition) is 0. The standard InChI is InChI=1S/C20H22F3N5OS/c1-13-10-16(20(21,22)23)18-14(2)25-28(19(18)24-13)12-17(29)27-7-5-26(6-8-27)11-15-4-3-9-30-15/h3-4,9-10H,5-8,11-12H2,1-2H3. The van der Waals surface area contributed by atoms with E-state index in [1.165, 1.54) is 23.4 Å². The van der Waals surface area contributed by atoms with Crippen LogP contribution in [-0.2, 0) is 24.1 Å². The molecule has 4 heterocycles. The molecule has 0 spiro atoms. The Bertz CT molecular complexity index is 1050. The van der Waals surface area contributed by atoms with E-state index < -0.39 is 11.7 Å². The molecule has 1 aliphatic heterocycles. The Morgan fingerprint density at radius 3 is 2.57 bits per heavy atom. The fraction of sp³-hybridized carbons (Fsp3) is 0.450. The lowest BCUT2D eigenvalue weighted by atomic mass is 10.1. The molecule has 0 atom stereocenters. The van der Waals surface area contributed by atoms with Crippen molar-refractivity contribution in [2.45, 2.75) is 33.1 Å². The van der Waals surface area contributed by atoms with Gasteiger partial charge in [0.2, 0.25) is 5.91 Å². The molecule has 160 valence electrons. The highest BCUT2D eigenvalue weighted by atomic mass is 32.1. The van der Waals surface area contributed by atoms with Crippen LogP contribution in [0.25, 0.3) is 11.0 Å². The van der Waals surface area contributed by atoms with Crippen LogP contribution >= 0.6 is 11.3 Å². The Kier molecular flexibility index (Phi) is 5.54. The Balaban J connectivity index is 1.48. The normalized spacial score (nSPS) is 15.8. The molecule has 0 radical (unpaired) electrons. The lowest BCUT2D eigenvalue weighted by molar-refractivity contribution is -0.136. The van der Waals surface area contributed by atoms with Gasteiger partial charge in [0.25, 0.3) is 0 Å². The van der Waals surface area contributed by atoms with Crippen LogP contribution in [0.3, 0.4) is 0 Å². The molecule has 4 rings (SSSR count). The van der Waals surface area contributed by atoms with Crippen LogP contribution in [0.1, 0.15) is 21.8 Å². The Hall–Kier alpha value is -2.46. The number of pyridine rings is 1. The lowest BCUT2D eigenvalue weighted by Crippen LogP contribution is -2.49. The number of hydrogen-bond acceptors (Lipinski definition) is 5.